The van der Waals surface area contributed by atoms with Gasteiger partial charge in [0.1, 0.15) is 0 Å². The van der Waals surface area contributed by atoms with E-state index in [1.165, 1.54) is 12.4 Å². The van der Waals surface area contributed by atoms with Crippen LogP contribution in [0.4, 0.5) is 5.95 Å². The molecule has 0 unspecified atom stereocenters. The predicted octanol–water partition coefficient (Wildman–Crippen LogP) is 5.90. The minimum absolute atomic E-state index is 0.00434. The Bertz CT molecular complexity index is 586. The van der Waals surface area contributed by atoms with E-state index in [9.17, 15) is 0 Å². The standard InChI is InChI=1S/C10H8Cl5N3S/c11-18(10-16-7-4-8-17-10)19(12,13,14,15)9-5-2-1-3-6-9/h1-8H. The quantitative estimate of drug-likeness (QED) is 0.622. The summed E-state index contributed by atoms with van der Waals surface area (Å²) < 4.78 is 0.779. The lowest BCUT2D eigenvalue weighted by atomic mass is 10.4. The van der Waals surface area contributed by atoms with Crippen LogP contribution in [0.15, 0.2) is 53.7 Å². The second-order valence-corrected chi connectivity index (χ2v) is 19.0. The Morgan fingerprint density at radius 2 is 1.37 bits per heavy atom. The molecule has 1 aromatic carbocycles. The SMILES string of the molecule is ClN(c1ncccn1)S(Cl)(Cl)(Cl)(Cl)c1ccccc1. The number of hydrogen-bond donors (Lipinski definition) is 0. The second kappa shape index (κ2) is 4.45. The molecule has 1 aromatic heterocycles. The van der Waals surface area contributed by atoms with Crippen LogP contribution in [0.25, 0.3) is 0 Å². The highest BCUT2D eigenvalue weighted by atomic mass is 36.4. The van der Waals surface area contributed by atoms with Crippen molar-refractivity contribution in [2.75, 3.05) is 3.82 Å². The van der Waals surface area contributed by atoms with Gasteiger partial charge in [-0.25, -0.2) is 9.97 Å². The maximum atomic E-state index is 6.39. The molecule has 9 heteroatoms. The molecule has 104 valence electrons. The Morgan fingerprint density at radius 1 is 0.842 bits per heavy atom. The van der Waals surface area contributed by atoms with Crippen LogP contribution in [0.5, 0.6) is 0 Å². The van der Waals surface area contributed by atoms with Gasteiger partial charge in [0.2, 0.25) is 0 Å². The fraction of sp³-hybridized carbons (Fsp3) is 0. The topological polar surface area (TPSA) is 29.0 Å². The van der Waals surface area contributed by atoms with Crippen LogP contribution in [0.3, 0.4) is 0 Å². The van der Waals surface area contributed by atoms with Crippen molar-refractivity contribution in [3.8, 4) is 0 Å². The van der Waals surface area contributed by atoms with Gasteiger partial charge in [-0.1, -0.05) is 18.2 Å². The first-order valence-corrected chi connectivity index (χ1v) is 11.0. The van der Waals surface area contributed by atoms with Crippen LogP contribution in [0.1, 0.15) is 0 Å². The third-order valence-corrected chi connectivity index (χ3v) is 10.1. The van der Waals surface area contributed by atoms with Crippen molar-refractivity contribution in [2.24, 2.45) is 0 Å². The van der Waals surface area contributed by atoms with E-state index in [-0.39, 0.29) is 10.8 Å². The summed E-state index contributed by atoms with van der Waals surface area (Å²) in [5.41, 5.74) is 0. The lowest BCUT2D eigenvalue weighted by Crippen LogP contribution is -2.28. The van der Waals surface area contributed by atoms with Gasteiger partial charge < -0.3 is 0 Å². The number of nitrogens with zero attached hydrogens (tertiary/aromatic N) is 3. The summed E-state index contributed by atoms with van der Waals surface area (Å²) in [4.78, 5) is 8.13. The van der Waals surface area contributed by atoms with Crippen molar-refractivity contribution < 1.29 is 0 Å². The number of anilines is 1. The highest BCUT2D eigenvalue weighted by Gasteiger charge is 2.62. The molecule has 0 bridgehead atoms. The molecular formula is C10H8Cl5N3S. The van der Waals surface area contributed by atoms with Crippen molar-refractivity contribution in [1.82, 2.24) is 9.97 Å². The molecule has 1 heterocycles. The maximum Gasteiger partial charge on any atom is 0.252 e. The summed E-state index contributed by atoms with van der Waals surface area (Å²) in [6.07, 6.45) is 2.94. The largest absolute Gasteiger partial charge is 0.252 e. The van der Waals surface area contributed by atoms with Gasteiger partial charge in [-0.2, -0.15) is 3.82 Å². The van der Waals surface area contributed by atoms with Crippen LogP contribution in [0.2, 0.25) is 0 Å². The number of hydrogen-bond acceptors (Lipinski definition) is 3. The lowest BCUT2D eigenvalue weighted by Gasteiger charge is -2.60. The summed E-state index contributed by atoms with van der Waals surface area (Å²) in [6.45, 7) is 0. The van der Waals surface area contributed by atoms with Crippen molar-refractivity contribution >= 4 is 65.8 Å². The Balaban J connectivity index is 2.62. The molecule has 19 heavy (non-hydrogen) atoms. The zero-order chi connectivity index (χ0) is 14.2. The smallest absolute Gasteiger partial charge is 0.220 e. The fourth-order valence-corrected chi connectivity index (χ4v) is 4.93. The number of benzene rings is 1. The number of aromatic nitrogens is 2. The van der Waals surface area contributed by atoms with Crippen molar-refractivity contribution in [3.63, 3.8) is 0 Å². The van der Waals surface area contributed by atoms with Crippen LogP contribution >= 0.6 is 59.8 Å². The summed E-state index contributed by atoms with van der Waals surface area (Å²) in [6, 6.07) is 9.95. The van der Waals surface area contributed by atoms with E-state index in [1.54, 1.807) is 36.4 Å². The third kappa shape index (κ3) is 2.84. The molecule has 0 radical (unpaired) electrons. The molecule has 2 aromatic rings. The van der Waals surface area contributed by atoms with Gasteiger partial charge in [0.15, 0.2) is 0 Å². The van der Waals surface area contributed by atoms with Crippen molar-refractivity contribution in [3.05, 3.63) is 48.8 Å². The Hall–Kier alpha value is -0.100. The molecule has 2 rings (SSSR count). The normalized spacial score (nSPS) is 15.4. The van der Waals surface area contributed by atoms with E-state index in [1.807, 2.05) is 0 Å². The summed E-state index contributed by atoms with van der Waals surface area (Å²) in [5.74, 6) is 0.00434. The first kappa shape index (κ1) is 15.3. The molecule has 0 saturated carbocycles. The van der Waals surface area contributed by atoms with Gasteiger partial charge in [-0.05, 0) is 60.9 Å². The van der Waals surface area contributed by atoms with Crippen LogP contribution in [-0.4, -0.2) is 9.97 Å². The Kier molecular flexibility index (Phi) is 3.58. The van der Waals surface area contributed by atoms with E-state index in [0.29, 0.717) is 0 Å². The van der Waals surface area contributed by atoms with Gasteiger partial charge in [-0.3, -0.25) is 0 Å². The lowest BCUT2D eigenvalue weighted by molar-refractivity contribution is 1.15. The Labute approximate surface area is 132 Å². The minimum atomic E-state index is -4.99. The molecule has 0 aliphatic rings. The summed E-state index contributed by atoms with van der Waals surface area (Å²) in [7, 11) is 25.5. The van der Waals surface area contributed by atoms with E-state index < -0.39 is 5.33 Å². The number of rotatable bonds is 3. The average molecular weight is 380 g/mol. The highest BCUT2D eigenvalue weighted by Crippen LogP contribution is 3.10. The minimum Gasteiger partial charge on any atom is -0.220 e. The monoisotopic (exact) mass is 377 g/mol. The van der Waals surface area contributed by atoms with Crippen molar-refractivity contribution in [1.29, 1.82) is 0 Å². The van der Waals surface area contributed by atoms with Crippen LogP contribution < -0.4 is 3.82 Å². The Morgan fingerprint density at radius 3 is 1.89 bits per heavy atom. The zero-order valence-electron chi connectivity index (χ0n) is 9.26. The second-order valence-electron chi connectivity index (χ2n) is 3.63. The van der Waals surface area contributed by atoms with Gasteiger partial charge in [0, 0.05) is 29.1 Å². The summed E-state index contributed by atoms with van der Waals surface area (Å²) >= 11 is 6.15. The first-order valence-electron chi connectivity index (χ1n) is 4.94. The van der Waals surface area contributed by atoms with Gasteiger partial charge in [0.05, 0.1) is 5.33 Å². The van der Waals surface area contributed by atoms with Crippen LogP contribution in [-0.2, 0) is 0 Å². The molecule has 0 N–H and O–H groups in total. The first-order chi connectivity index (χ1) is 8.65. The van der Waals surface area contributed by atoms with E-state index in [4.69, 9.17) is 54.5 Å². The van der Waals surface area contributed by atoms with Gasteiger partial charge in [0.25, 0.3) is 5.95 Å². The summed E-state index contributed by atoms with van der Waals surface area (Å²) in [5, 5.41) is -4.99. The van der Waals surface area contributed by atoms with Crippen LogP contribution in [0, 0.1) is 0 Å². The zero-order valence-corrected chi connectivity index (χ0v) is 13.9. The third-order valence-electron chi connectivity index (χ3n) is 2.24. The molecule has 0 aliphatic carbocycles. The molecule has 0 atom stereocenters. The van der Waals surface area contributed by atoms with E-state index >= 15 is 0 Å². The van der Waals surface area contributed by atoms with Crippen molar-refractivity contribution in [2.45, 2.75) is 4.90 Å². The molecule has 0 aliphatic heterocycles. The maximum absolute atomic E-state index is 6.39. The molecule has 0 saturated heterocycles. The van der Waals surface area contributed by atoms with E-state index in [0.717, 1.165) is 3.82 Å². The van der Waals surface area contributed by atoms with Gasteiger partial charge in [-0.15, -0.1) is 0 Å². The molecule has 3 nitrogen and oxygen atoms in total. The fourth-order valence-electron chi connectivity index (χ4n) is 1.33. The van der Waals surface area contributed by atoms with E-state index in [2.05, 4.69) is 9.97 Å². The molecular weight excluding hydrogens is 371 g/mol. The number of halogens is 5. The molecule has 0 fully saturated rings. The average Bonchev–Trinajstić information content (AvgIpc) is 2.39. The van der Waals surface area contributed by atoms with Gasteiger partial charge >= 0.3 is 0 Å². The predicted molar refractivity (Wildman–Crippen MR) is 86.1 cm³/mol. The molecule has 0 amide bonds. The highest BCUT2D eigenvalue weighted by molar-refractivity contribution is 9.14. The molecule has 0 spiro atoms.